The fourth-order valence-electron chi connectivity index (χ4n) is 5.24. The third-order valence-electron chi connectivity index (χ3n) is 6.73. The first-order valence-electron chi connectivity index (χ1n) is 11.3. The number of rotatable bonds is 1. The molecule has 35 heavy (non-hydrogen) atoms. The lowest BCUT2D eigenvalue weighted by Gasteiger charge is -2.06. The largest absolute Gasteiger partial charge is 0.453 e. The molecule has 0 bridgehead atoms. The molecule has 0 saturated heterocycles. The van der Waals surface area contributed by atoms with Crippen LogP contribution in [-0.4, -0.2) is 4.57 Å². The summed E-state index contributed by atoms with van der Waals surface area (Å²) in [6.45, 7) is 6.54. The molecule has 9 aromatic rings. The van der Waals surface area contributed by atoms with E-state index in [0.29, 0.717) is 0 Å². The van der Waals surface area contributed by atoms with Gasteiger partial charge < -0.3 is 8.98 Å². The van der Waals surface area contributed by atoms with Crippen molar-refractivity contribution >= 4 is 137 Å². The highest BCUT2D eigenvalue weighted by molar-refractivity contribution is 7.48. The van der Waals surface area contributed by atoms with Crippen molar-refractivity contribution in [2.24, 2.45) is 0 Å². The van der Waals surface area contributed by atoms with E-state index in [2.05, 4.69) is 61.7 Å². The number of aromatic nitrogens is 1. The van der Waals surface area contributed by atoms with Gasteiger partial charge in [0.05, 0.1) is 58.0 Å². The SMILES string of the molecule is Cc1ccc(-n2c3cc(C)sc3c3sc4c5sc6c7oc8cc(C)sc8c7sc6c5sc4c32)cc1. The molecule has 0 aliphatic rings. The summed E-state index contributed by atoms with van der Waals surface area (Å²) in [6, 6.07) is 13.5. The first-order chi connectivity index (χ1) is 17.0. The number of hydrogen-bond donors (Lipinski definition) is 0. The molecule has 0 amide bonds. The summed E-state index contributed by atoms with van der Waals surface area (Å²) < 4.78 is 22.8. The molecule has 9 rings (SSSR count). The molecule has 1 aromatic carbocycles. The van der Waals surface area contributed by atoms with Crippen molar-refractivity contribution in [2.45, 2.75) is 20.8 Å². The molecule has 0 unspecified atom stereocenters. The summed E-state index contributed by atoms with van der Waals surface area (Å²) in [5, 5.41) is 0. The second-order valence-electron chi connectivity index (χ2n) is 9.11. The van der Waals surface area contributed by atoms with E-state index < -0.39 is 0 Å². The molecule has 8 heteroatoms. The van der Waals surface area contributed by atoms with Crippen molar-refractivity contribution in [1.82, 2.24) is 4.57 Å². The Bertz CT molecular complexity index is 2300. The van der Waals surface area contributed by atoms with Gasteiger partial charge in [0.2, 0.25) is 0 Å². The first-order valence-corrected chi connectivity index (χ1v) is 16.2. The van der Waals surface area contributed by atoms with Gasteiger partial charge in [-0.2, -0.15) is 0 Å². The highest BCUT2D eigenvalue weighted by Crippen LogP contribution is 2.57. The number of aryl methyl sites for hydroxylation is 3. The van der Waals surface area contributed by atoms with E-state index in [1.807, 2.05) is 68.0 Å². The minimum atomic E-state index is 1.04. The van der Waals surface area contributed by atoms with Crippen molar-refractivity contribution < 1.29 is 4.42 Å². The van der Waals surface area contributed by atoms with Crippen LogP contribution in [0.25, 0.3) is 74.9 Å². The average molecular weight is 562 g/mol. The summed E-state index contributed by atoms with van der Waals surface area (Å²) in [6.07, 6.45) is 0. The second-order valence-corrected chi connectivity index (χ2v) is 15.7. The highest BCUT2D eigenvalue weighted by atomic mass is 32.1. The summed E-state index contributed by atoms with van der Waals surface area (Å²) in [5.74, 6) is 0. The van der Waals surface area contributed by atoms with E-state index in [9.17, 15) is 0 Å². The van der Waals surface area contributed by atoms with Gasteiger partial charge in [0.15, 0.2) is 5.58 Å². The zero-order valence-electron chi connectivity index (χ0n) is 18.8. The maximum absolute atomic E-state index is 6.37. The van der Waals surface area contributed by atoms with Gasteiger partial charge in [0, 0.05) is 15.4 Å². The van der Waals surface area contributed by atoms with Gasteiger partial charge in [-0.1, -0.05) is 17.7 Å². The van der Waals surface area contributed by atoms with Gasteiger partial charge in [-0.3, -0.25) is 0 Å². The van der Waals surface area contributed by atoms with E-state index in [4.69, 9.17) is 4.42 Å². The van der Waals surface area contributed by atoms with E-state index in [1.165, 1.54) is 79.0 Å². The second kappa shape index (κ2) is 6.56. The molecule has 8 heterocycles. The first kappa shape index (κ1) is 19.9. The van der Waals surface area contributed by atoms with Gasteiger partial charge in [0.25, 0.3) is 0 Å². The molecule has 0 N–H and O–H groups in total. The Morgan fingerprint density at radius 1 is 0.571 bits per heavy atom. The summed E-state index contributed by atoms with van der Waals surface area (Å²) in [5.41, 5.74) is 7.40. The zero-order valence-corrected chi connectivity index (χ0v) is 23.7. The Labute approximate surface area is 222 Å². The zero-order chi connectivity index (χ0) is 23.2. The number of fused-ring (bicyclic) bond motifs is 13. The summed E-state index contributed by atoms with van der Waals surface area (Å²) >= 11 is 11.6. The van der Waals surface area contributed by atoms with Crippen LogP contribution in [0.3, 0.4) is 0 Å². The van der Waals surface area contributed by atoms with Crippen LogP contribution in [0.2, 0.25) is 0 Å². The van der Waals surface area contributed by atoms with Crippen molar-refractivity contribution in [3.63, 3.8) is 0 Å². The minimum absolute atomic E-state index is 1.04. The lowest BCUT2D eigenvalue weighted by Crippen LogP contribution is -1.92. The normalized spacial score (nSPS) is 13.0. The monoisotopic (exact) mass is 561 g/mol. The van der Waals surface area contributed by atoms with Crippen molar-refractivity contribution in [1.29, 1.82) is 0 Å². The average Bonchev–Trinajstić information content (AvgIpc) is 3.63. The van der Waals surface area contributed by atoms with Gasteiger partial charge in [-0.25, -0.2) is 0 Å². The Hall–Kier alpha value is -2.20. The van der Waals surface area contributed by atoms with Gasteiger partial charge >= 0.3 is 0 Å². The predicted octanol–water partition coefficient (Wildman–Crippen LogP) is 11.4. The van der Waals surface area contributed by atoms with Crippen molar-refractivity contribution in [3.05, 3.63) is 51.7 Å². The molecule has 0 radical (unpaired) electrons. The Kier molecular flexibility index (Phi) is 3.74. The van der Waals surface area contributed by atoms with Crippen LogP contribution in [0.1, 0.15) is 15.3 Å². The van der Waals surface area contributed by atoms with Crippen molar-refractivity contribution in [3.8, 4) is 5.69 Å². The van der Waals surface area contributed by atoms with E-state index in [1.54, 1.807) is 0 Å². The van der Waals surface area contributed by atoms with Gasteiger partial charge in [0.1, 0.15) is 5.58 Å². The van der Waals surface area contributed by atoms with Crippen LogP contribution in [0.4, 0.5) is 0 Å². The van der Waals surface area contributed by atoms with Crippen LogP contribution in [0.5, 0.6) is 0 Å². The van der Waals surface area contributed by atoms with Crippen LogP contribution >= 0.6 is 68.0 Å². The maximum atomic E-state index is 6.37. The molecule has 0 saturated carbocycles. The fourth-order valence-corrected chi connectivity index (χ4v) is 13.4. The Morgan fingerprint density at radius 2 is 1.14 bits per heavy atom. The lowest BCUT2D eigenvalue weighted by molar-refractivity contribution is 0.674. The third-order valence-corrected chi connectivity index (χ3v) is 14.6. The quantitative estimate of drug-likeness (QED) is 0.195. The molecule has 8 aromatic heterocycles. The molecule has 0 atom stereocenters. The number of hydrogen-bond acceptors (Lipinski definition) is 7. The van der Waals surface area contributed by atoms with Crippen LogP contribution in [0.15, 0.2) is 40.8 Å². The van der Waals surface area contributed by atoms with Crippen LogP contribution < -0.4 is 0 Å². The minimum Gasteiger partial charge on any atom is -0.453 e. The lowest BCUT2D eigenvalue weighted by atomic mass is 10.2. The molecule has 0 spiro atoms. The van der Waals surface area contributed by atoms with Gasteiger partial charge in [-0.15, -0.1) is 68.0 Å². The number of benzene rings is 1. The van der Waals surface area contributed by atoms with E-state index in [-0.39, 0.29) is 0 Å². The Morgan fingerprint density at radius 3 is 1.91 bits per heavy atom. The molecule has 170 valence electrons. The Balaban J connectivity index is 1.42. The highest BCUT2D eigenvalue weighted by Gasteiger charge is 2.26. The number of nitrogens with zero attached hydrogens (tertiary/aromatic N) is 1. The number of thiophene rings is 6. The topological polar surface area (TPSA) is 18.1 Å². The molecule has 0 aliphatic heterocycles. The van der Waals surface area contributed by atoms with E-state index >= 15 is 0 Å². The third kappa shape index (κ3) is 2.43. The predicted molar refractivity (Wildman–Crippen MR) is 162 cm³/mol. The molecular formula is C27H15NOS6. The summed E-state index contributed by atoms with van der Waals surface area (Å²) in [4.78, 5) is 2.68. The van der Waals surface area contributed by atoms with Crippen molar-refractivity contribution in [2.75, 3.05) is 0 Å². The van der Waals surface area contributed by atoms with Crippen LogP contribution in [0, 0.1) is 20.8 Å². The number of furan rings is 1. The van der Waals surface area contributed by atoms with Gasteiger partial charge in [-0.05, 0) is 45.0 Å². The molecule has 0 fully saturated rings. The van der Waals surface area contributed by atoms with Crippen LogP contribution in [-0.2, 0) is 0 Å². The summed E-state index contributed by atoms with van der Waals surface area (Å²) in [7, 11) is 0. The molecular weight excluding hydrogens is 547 g/mol. The maximum Gasteiger partial charge on any atom is 0.164 e. The van der Waals surface area contributed by atoms with E-state index in [0.717, 1.165) is 11.2 Å². The smallest absolute Gasteiger partial charge is 0.164 e. The molecule has 0 aliphatic carbocycles. The standard InChI is InChI=1S/C27H15NOS6/c1-10-4-6-13(7-5-10)28-14-8-11(2)30-18(14)20-16(28)21-24(32-20)26-27(33-21)25-23(35-26)17-22(34-25)19-15(29-17)9-12(3)31-19/h4-9H,1-3H3. The fraction of sp³-hybridized carbons (Fsp3) is 0.111. The molecule has 2 nitrogen and oxygen atoms in total.